The van der Waals surface area contributed by atoms with E-state index in [-0.39, 0.29) is 5.84 Å². The Bertz CT molecular complexity index is 571. The Labute approximate surface area is 117 Å². The number of hydrogen-bond acceptors (Lipinski definition) is 5. The number of rotatable bonds is 6. The number of oxime groups is 1. The molecule has 0 fully saturated rings. The van der Waals surface area contributed by atoms with E-state index >= 15 is 0 Å². The van der Waals surface area contributed by atoms with Gasteiger partial charge < -0.3 is 16.3 Å². The quantitative estimate of drug-likeness (QED) is 0.238. The molecule has 6 nitrogen and oxygen atoms in total. The summed E-state index contributed by atoms with van der Waals surface area (Å²) in [5, 5.41) is 14.9. The molecule has 2 heterocycles. The van der Waals surface area contributed by atoms with Crippen LogP contribution in [-0.2, 0) is 13.0 Å². The van der Waals surface area contributed by atoms with Crippen LogP contribution < -0.4 is 11.1 Å². The summed E-state index contributed by atoms with van der Waals surface area (Å²) in [5.41, 5.74) is 8.27. The highest BCUT2D eigenvalue weighted by atomic mass is 16.4. The summed E-state index contributed by atoms with van der Waals surface area (Å²) >= 11 is 0. The molecule has 4 N–H and O–H groups in total. The minimum Gasteiger partial charge on any atom is -0.409 e. The molecule has 2 aromatic rings. The Balaban J connectivity index is 1.82. The largest absolute Gasteiger partial charge is 0.409 e. The lowest BCUT2D eigenvalue weighted by atomic mass is 10.2. The maximum Gasteiger partial charge on any atom is 0.188 e. The summed E-state index contributed by atoms with van der Waals surface area (Å²) in [7, 11) is 0. The molecule has 0 radical (unpaired) electrons. The topological polar surface area (TPSA) is 96.4 Å². The molecule has 0 amide bonds. The normalized spacial score (nSPS) is 11.5. The number of amidine groups is 1. The lowest BCUT2D eigenvalue weighted by Gasteiger charge is -2.06. The zero-order chi connectivity index (χ0) is 14.2. The highest BCUT2D eigenvalue weighted by Gasteiger charge is 2.02. The van der Waals surface area contributed by atoms with E-state index in [0.29, 0.717) is 12.2 Å². The minimum atomic E-state index is 0.0173. The summed E-state index contributed by atoms with van der Waals surface area (Å²) in [5.74, 6) is 0.0173. The lowest BCUT2D eigenvalue weighted by Crippen LogP contribution is -2.18. The van der Waals surface area contributed by atoms with E-state index < -0.39 is 0 Å². The van der Waals surface area contributed by atoms with Crippen molar-refractivity contribution in [2.75, 3.05) is 6.54 Å². The van der Waals surface area contributed by atoms with Crippen molar-refractivity contribution < 1.29 is 5.21 Å². The third-order valence-electron chi connectivity index (χ3n) is 2.86. The van der Waals surface area contributed by atoms with Crippen molar-refractivity contribution >= 4 is 5.84 Å². The number of pyridine rings is 2. The molecule has 6 heteroatoms. The number of hydrogen-bond donors (Lipinski definition) is 3. The standard InChI is InChI=1S/C14H17N5O/c15-14(19-20)13-9-12(4-8-18-13)10-17-7-3-11-1-5-16-6-2-11/h1-2,4-6,8-9,17,20H,3,7,10H2,(H2,15,19). The maximum absolute atomic E-state index is 8.62. The molecule has 20 heavy (non-hydrogen) atoms. The molecule has 0 saturated heterocycles. The van der Waals surface area contributed by atoms with Gasteiger partial charge in [-0.15, -0.1) is 0 Å². The van der Waals surface area contributed by atoms with Crippen LogP contribution in [0.15, 0.2) is 48.0 Å². The molecule has 0 spiro atoms. The fraction of sp³-hybridized carbons (Fsp3) is 0.214. The minimum absolute atomic E-state index is 0.0173. The second-order valence-corrected chi connectivity index (χ2v) is 4.32. The van der Waals surface area contributed by atoms with Gasteiger partial charge in [0.25, 0.3) is 0 Å². The van der Waals surface area contributed by atoms with E-state index in [0.717, 1.165) is 18.5 Å². The second-order valence-electron chi connectivity index (χ2n) is 4.32. The molecule has 2 rings (SSSR count). The van der Waals surface area contributed by atoms with Crippen molar-refractivity contribution in [2.45, 2.75) is 13.0 Å². The maximum atomic E-state index is 8.62. The number of nitrogens with two attached hydrogens (primary N) is 1. The van der Waals surface area contributed by atoms with Crippen LogP contribution in [0.25, 0.3) is 0 Å². The first-order valence-electron chi connectivity index (χ1n) is 6.32. The molecule has 104 valence electrons. The Hall–Kier alpha value is -2.47. The molecule has 0 bridgehead atoms. The van der Waals surface area contributed by atoms with E-state index in [1.807, 2.05) is 18.2 Å². The van der Waals surface area contributed by atoms with Crippen LogP contribution in [0.2, 0.25) is 0 Å². The van der Waals surface area contributed by atoms with Gasteiger partial charge in [-0.3, -0.25) is 9.97 Å². The molecular formula is C14H17N5O. The first kappa shape index (κ1) is 14.0. The average Bonchev–Trinajstić information content (AvgIpc) is 2.52. The summed E-state index contributed by atoms with van der Waals surface area (Å²) in [6.07, 6.45) is 6.18. The number of aromatic nitrogens is 2. The van der Waals surface area contributed by atoms with Crippen LogP contribution in [0.4, 0.5) is 0 Å². The van der Waals surface area contributed by atoms with Gasteiger partial charge in [0.05, 0.1) is 0 Å². The van der Waals surface area contributed by atoms with E-state index in [9.17, 15) is 0 Å². The summed E-state index contributed by atoms with van der Waals surface area (Å²) in [6, 6.07) is 7.71. The van der Waals surface area contributed by atoms with Gasteiger partial charge in [0, 0.05) is 25.1 Å². The van der Waals surface area contributed by atoms with E-state index in [1.165, 1.54) is 5.56 Å². The fourth-order valence-electron chi connectivity index (χ4n) is 1.79. The third kappa shape index (κ3) is 4.03. The van der Waals surface area contributed by atoms with Gasteiger partial charge in [-0.05, 0) is 48.4 Å². The van der Waals surface area contributed by atoms with Crippen LogP contribution in [0.5, 0.6) is 0 Å². The molecule has 0 aromatic carbocycles. The molecular weight excluding hydrogens is 254 g/mol. The fourth-order valence-corrected chi connectivity index (χ4v) is 1.79. The molecule has 0 aliphatic heterocycles. The van der Waals surface area contributed by atoms with Gasteiger partial charge in [-0.2, -0.15) is 0 Å². The van der Waals surface area contributed by atoms with Crippen LogP contribution in [0.1, 0.15) is 16.8 Å². The van der Waals surface area contributed by atoms with Crippen LogP contribution in [0, 0.1) is 0 Å². The Morgan fingerprint density at radius 1 is 1.20 bits per heavy atom. The van der Waals surface area contributed by atoms with Crippen LogP contribution in [0.3, 0.4) is 0 Å². The van der Waals surface area contributed by atoms with Crippen molar-refractivity contribution in [3.8, 4) is 0 Å². The average molecular weight is 271 g/mol. The molecule has 0 saturated carbocycles. The van der Waals surface area contributed by atoms with Gasteiger partial charge in [-0.25, -0.2) is 0 Å². The van der Waals surface area contributed by atoms with Gasteiger partial charge in [0.1, 0.15) is 5.69 Å². The Morgan fingerprint density at radius 2 is 1.95 bits per heavy atom. The monoisotopic (exact) mass is 271 g/mol. The summed E-state index contributed by atoms with van der Waals surface area (Å²) in [6.45, 7) is 1.57. The van der Waals surface area contributed by atoms with Crippen molar-refractivity contribution in [3.05, 3.63) is 59.7 Å². The summed E-state index contributed by atoms with van der Waals surface area (Å²) in [4.78, 5) is 8.02. The van der Waals surface area contributed by atoms with Gasteiger partial charge >= 0.3 is 0 Å². The van der Waals surface area contributed by atoms with Gasteiger partial charge in [0.15, 0.2) is 5.84 Å². The van der Waals surface area contributed by atoms with Crippen molar-refractivity contribution in [1.29, 1.82) is 0 Å². The predicted octanol–water partition coefficient (Wildman–Crippen LogP) is 0.903. The highest BCUT2D eigenvalue weighted by Crippen LogP contribution is 2.02. The smallest absolute Gasteiger partial charge is 0.188 e. The molecule has 0 atom stereocenters. The van der Waals surface area contributed by atoms with Crippen LogP contribution >= 0.6 is 0 Å². The van der Waals surface area contributed by atoms with Crippen molar-refractivity contribution in [3.63, 3.8) is 0 Å². The molecule has 2 aromatic heterocycles. The first-order valence-corrected chi connectivity index (χ1v) is 6.32. The SMILES string of the molecule is NC(=NO)c1cc(CNCCc2ccncc2)ccn1. The lowest BCUT2D eigenvalue weighted by molar-refractivity contribution is 0.318. The Kier molecular flexibility index (Phi) is 5.02. The van der Waals surface area contributed by atoms with Crippen molar-refractivity contribution in [1.82, 2.24) is 15.3 Å². The predicted molar refractivity (Wildman–Crippen MR) is 76.4 cm³/mol. The van der Waals surface area contributed by atoms with Crippen LogP contribution in [-0.4, -0.2) is 27.6 Å². The number of nitrogens with one attached hydrogen (secondary N) is 1. The zero-order valence-corrected chi connectivity index (χ0v) is 11.0. The molecule has 0 unspecified atom stereocenters. The van der Waals surface area contributed by atoms with E-state index in [4.69, 9.17) is 10.9 Å². The van der Waals surface area contributed by atoms with E-state index in [2.05, 4.69) is 20.4 Å². The number of nitrogens with zero attached hydrogens (tertiary/aromatic N) is 3. The van der Waals surface area contributed by atoms with Gasteiger partial charge in [-0.1, -0.05) is 5.16 Å². The third-order valence-corrected chi connectivity index (χ3v) is 2.86. The van der Waals surface area contributed by atoms with Gasteiger partial charge in [0.2, 0.25) is 0 Å². The zero-order valence-electron chi connectivity index (χ0n) is 11.0. The molecule has 0 aliphatic carbocycles. The highest BCUT2D eigenvalue weighted by molar-refractivity contribution is 5.95. The Morgan fingerprint density at radius 3 is 2.70 bits per heavy atom. The van der Waals surface area contributed by atoms with E-state index in [1.54, 1.807) is 24.7 Å². The van der Waals surface area contributed by atoms with Crippen molar-refractivity contribution in [2.24, 2.45) is 10.9 Å². The molecule has 0 aliphatic rings. The second kappa shape index (κ2) is 7.20. The first-order chi connectivity index (χ1) is 9.79. The summed E-state index contributed by atoms with van der Waals surface area (Å²) < 4.78 is 0.